The molecular formula is C19H18N4O2. The van der Waals surface area contributed by atoms with Crippen molar-refractivity contribution in [2.24, 2.45) is 0 Å². The van der Waals surface area contributed by atoms with E-state index in [0.717, 1.165) is 29.7 Å². The SMILES string of the molecule is COC(=O)c1cccc(C2CC(Nc3nccc4nccnc34)C2)c1. The minimum absolute atomic E-state index is 0.297. The minimum Gasteiger partial charge on any atom is -0.465 e. The summed E-state index contributed by atoms with van der Waals surface area (Å²) in [5.74, 6) is 0.912. The number of nitrogens with zero attached hydrogens (tertiary/aromatic N) is 3. The minimum atomic E-state index is -0.297. The van der Waals surface area contributed by atoms with Crippen LogP contribution in [0.15, 0.2) is 48.9 Å². The molecule has 25 heavy (non-hydrogen) atoms. The number of esters is 1. The van der Waals surface area contributed by atoms with Gasteiger partial charge in [-0.05, 0) is 42.5 Å². The Morgan fingerprint density at radius 3 is 2.80 bits per heavy atom. The molecule has 2 heterocycles. The first kappa shape index (κ1) is 15.5. The lowest BCUT2D eigenvalue weighted by Gasteiger charge is -2.36. The van der Waals surface area contributed by atoms with E-state index >= 15 is 0 Å². The van der Waals surface area contributed by atoms with Crippen LogP contribution in [-0.2, 0) is 4.74 Å². The van der Waals surface area contributed by atoms with Crippen molar-refractivity contribution < 1.29 is 9.53 Å². The highest BCUT2D eigenvalue weighted by atomic mass is 16.5. The predicted octanol–water partition coefficient (Wildman–Crippen LogP) is 3.17. The van der Waals surface area contributed by atoms with Gasteiger partial charge in [0.15, 0.2) is 5.82 Å². The number of anilines is 1. The summed E-state index contributed by atoms with van der Waals surface area (Å²) >= 11 is 0. The second kappa shape index (κ2) is 6.47. The van der Waals surface area contributed by atoms with E-state index in [4.69, 9.17) is 4.74 Å². The second-order valence-electron chi connectivity index (χ2n) is 6.21. The topological polar surface area (TPSA) is 77.0 Å². The Kier molecular flexibility index (Phi) is 4.01. The Labute approximate surface area is 145 Å². The highest BCUT2D eigenvalue weighted by molar-refractivity contribution is 5.89. The summed E-state index contributed by atoms with van der Waals surface area (Å²) in [4.78, 5) is 24.7. The number of aromatic nitrogens is 3. The Morgan fingerprint density at radius 1 is 1.12 bits per heavy atom. The second-order valence-corrected chi connectivity index (χ2v) is 6.21. The van der Waals surface area contributed by atoms with Gasteiger partial charge in [-0.2, -0.15) is 0 Å². The largest absolute Gasteiger partial charge is 0.465 e. The van der Waals surface area contributed by atoms with E-state index in [0.29, 0.717) is 17.5 Å². The van der Waals surface area contributed by atoms with Crippen LogP contribution in [0.5, 0.6) is 0 Å². The molecule has 1 aliphatic carbocycles. The molecule has 0 unspecified atom stereocenters. The number of hydrogen-bond acceptors (Lipinski definition) is 6. The fourth-order valence-electron chi connectivity index (χ4n) is 3.24. The lowest BCUT2D eigenvalue weighted by atomic mass is 9.75. The molecule has 1 saturated carbocycles. The quantitative estimate of drug-likeness (QED) is 0.739. The zero-order valence-corrected chi connectivity index (χ0v) is 13.8. The van der Waals surface area contributed by atoms with Crippen molar-refractivity contribution in [1.82, 2.24) is 15.0 Å². The number of rotatable bonds is 4. The van der Waals surface area contributed by atoms with Crippen LogP contribution in [0.3, 0.4) is 0 Å². The summed E-state index contributed by atoms with van der Waals surface area (Å²) in [6.45, 7) is 0. The molecule has 0 atom stereocenters. The van der Waals surface area contributed by atoms with Crippen LogP contribution in [0.25, 0.3) is 11.0 Å². The van der Waals surface area contributed by atoms with Gasteiger partial charge < -0.3 is 10.1 Å². The van der Waals surface area contributed by atoms with E-state index in [9.17, 15) is 4.79 Å². The molecule has 1 fully saturated rings. The average molecular weight is 334 g/mol. The molecule has 2 aromatic heterocycles. The summed E-state index contributed by atoms with van der Waals surface area (Å²) in [6, 6.07) is 9.87. The first-order chi connectivity index (χ1) is 12.2. The van der Waals surface area contributed by atoms with E-state index in [2.05, 4.69) is 26.3 Å². The number of hydrogen-bond donors (Lipinski definition) is 1. The average Bonchev–Trinajstić information content (AvgIpc) is 2.64. The zero-order chi connectivity index (χ0) is 17.2. The normalized spacial score (nSPS) is 19.2. The number of pyridine rings is 1. The van der Waals surface area contributed by atoms with Crippen molar-refractivity contribution >= 4 is 22.8 Å². The zero-order valence-electron chi connectivity index (χ0n) is 13.8. The van der Waals surface area contributed by atoms with Crippen LogP contribution in [0.1, 0.15) is 34.7 Å². The van der Waals surface area contributed by atoms with E-state index in [1.165, 1.54) is 12.7 Å². The first-order valence-corrected chi connectivity index (χ1v) is 8.25. The van der Waals surface area contributed by atoms with Gasteiger partial charge in [-0.3, -0.25) is 4.98 Å². The number of methoxy groups -OCH3 is 1. The first-order valence-electron chi connectivity index (χ1n) is 8.25. The smallest absolute Gasteiger partial charge is 0.337 e. The molecular weight excluding hydrogens is 316 g/mol. The predicted molar refractivity (Wildman–Crippen MR) is 94.5 cm³/mol. The molecule has 0 amide bonds. The summed E-state index contributed by atoms with van der Waals surface area (Å²) in [5.41, 5.74) is 3.40. The van der Waals surface area contributed by atoms with Gasteiger partial charge in [-0.1, -0.05) is 12.1 Å². The van der Waals surface area contributed by atoms with Gasteiger partial charge in [0.25, 0.3) is 0 Å². The maximum absolute atomic E-state index is 11.7. The molecule has 0 radical (unpaired) electrons. The van der Waals surface area contributed by atoms with Gasteiger partial charge in [-0.25, -0.2) is 14.8 Å². The molecule has 1 aromatic carbocycles. The van der Waals surface area contributed by atoms with E-state index < -0.39 is 0 Å². The highest BCUT2D eigenvalue weighted by Gasteiger charge is 2.31. The molecule has 1 N–H and O–H groups in total. The summed E-state index contributed by atoms with van der Waals surface area (Å²) in [5, 5.41) is 3.46. The van der Waals surface area contributed by atoms with Crippen molar-refractivity contribution in [3.63, 3.8) is 0 Å². The number of carbonyl (C=O) groups excluding carboxylic acids is 1. The van der Waals surface area contributed by atoms with Crippen molar-refractivity contribution in [3.05, 3.63) is 60.0 Å². The molecule has 4 rings (SSSR count). The van der Waals surface area contributed by atoms with Gasteiger partial charge in [0.1, 0.15) is 5.52 Å². The standard InChI is InChI=1S/C19H18N4O2/c1-25-19(24)13-4-2-3-12(9-13)14-10-15(11-14)23-18-17-16(5-6-22-18)20-7-8-21-17/h2-9,14-15H,10-11H2,1H3,(H,22,23). The number of fused-ring (bicyclic) bond motifs is 1. The van der Waals surface area contributed by atoms with E-state index in [1.54, 1.807) is 24.7 Å². The third kappa shape index (κ3) is 3.03. The summed E-state index contributed by atoms with van der Waals surface area (Å²) in [7, 11) is 1.40. The molecule has 0 spiro atoms. The van der Waals surface area contributed by atoms with Crippen LogP contribution in [-0.4, -0.2) is 34.1 Å². The van der Waals surface area contributed by atoms with Gasteiger partial charge in [0, 0.05) is 24.6 Å². The third-order valence-corrected chi connectivity index (χ3v) is 4.64. The molecule has 0 bridgehead atoms. The van der Waals surface area contributed by atoms with Crippen LogP contribution in [0, 0.1) is 0 Å². The Hall–Kier alpha value is -3.02. The molecule has 1 aliphatic rings. The maximum atomic E-state index is 11.7. The number of benzene rings is 1. The molecule has 6 heteroatoms. The summed E-state index contributed by atoms with van der Waals surface area (Å²) < 4.78 is 4.79. The third-order valence-electron chi connectivity index (χ3n) is 4.64. The van der Waals surface area contributed by atoms with E-state index in [1.807, 2.05) is 18.2 Å². The van der Waals surface area contributed by atoms with Crippen molar-refractivity contribution in [2.75, 3.05) is 12.4 Å². The molecule has 3 aromatic rings. The van der Waals surface area contributed by atoms with Crippen LogP contribution in [0.4, 0.5) is 5.82 Å². The molecule has 126 valence electrons. The van der Waals surface area contributed by atoms with Crippen molar-refractivity contribution in [3.8, 4) is 0 Å². The van der Waals surface area contributed by atoms with Crippen molar-refractivity contribution in [2.45, 2.75) is 24.8 Å². The molecule has 0 aliphatic heterocycles. The fourth-order valence-corrected chi connectivity index (χ4v) is 3.24. The number of ether oxygens (including phenoxy) is 1. The fraction of sp³-hybridized carbons (Fsp3) is 0.263. The monoisotopic (exact) mass is 334 g/mol. The van der Waals surface area contributed by atoms with Crippen LogP contribution in [0.2, 0.25) is 0 Å². The lowest BCUT2D eigenvalue weighted by molar-refractivity contribution is 0.0600. The van der Waals surface area contributed by atoms with Gasteiger partial charge in [-0.15, -0.1) is 0 Å². The summed E-state index contributed by atoms with van der Waals surface area (Å²) in [6.07, 6.45) is 7.08. The number of nitrogens with one attached hydrogen (secondary N) is 1. The Morgan fingerprint density at radius 2 is 1.96 bits per heavy atom. The van der Waals surface area contributed by atoms with E-state index in [-0.39, 0.29) is 5.97 Å². The molecule has 0 saturated heterocycles. The van der Waals surface area contributed by atoms with Crippen LogP contribution >= 0.6 is 0 Å². The van der Waals surface area contributed by atoms with Gasteiger partial charge in [0.2, 0.25) is 0 Å². The molecule has 6 nitrogen and oxygen atoms in total. The Balaban J connectivity index is 1.45. The maximum Gasteiger partial charge on any atom is 0.337 e. The van der Waals surface area contributed by atoms with Crippen molar-refractivity contribution in [1.29, 1.82) is 0 Å². The van der Waals surface area contributed by atoms with Crippen LogP contribution < -0.4 is 5.32 Å². The lowest BCUT2D eigenvalue weighted by Crippen LogP contribution is -2.34. The van der Waals surface area contributed by atoms with Gasteiger partial charge in [0.05, 0.1) is 18.2 Å². The Bertz CT molecular complexity index is 917. The number of carbonyl (C=O) groups is 1. The van der Waals surface area contributed by atoms with Gasteiger partial charge >= 0.3 is 5.97 Å². The highest BCUT2D eigenvalue weighted by Crippen LogP contribution is 2.39.